The monoisotopic (exact) mass is 498 g/mol. The van der Waals surface area contributed by atoms with Crippen molar-refractivity contribution < 1.29 is 4.43 Å². The minimum absolute atomic E-state index is 0.00357. The highest BCUT2D eigenvalue weighted by molar-refractivity contribution is 14.1. The number of rotatable bonds is 4. The molecular weight excluding hydrogens is 471 g/mol. The topological polar surface area (TPSA) is 9.23 Å². The molecule has 2 atom stereocenters. The van der Waals surface area contributed by atoms with Gasteiger partial charge in [-0.1, -0.05) is 128 Å². The Balaban J connectivity index is 1.91. The molecule has 4 rings (SSSR count). The third kappa shape index (κ3) is 3.38. The van der Waals surface area contributed by atoms with E-state index < -0.39 is 8.32 Å². The van der Waals surface area contributed by atoms with E-state index in [1.165, 1.54) is 21.5 Å². The molecule has 0 spiro atoms. The van der Waals surface area contributed by atoms with Crippen molar-refractivity contribution in [1.29, 1.82) is 0 Å². The van der Waals surface area contributed by atoms with Gasteiger partial charge in [-0.2, -0.15) is 0 Å². The van der Waals surface area contributed by atoms with Crippen LogP contribution in [0.15, 0.2) is 84.9 Å². The molecule has 0 N–H and O–H groups in total. The Kier molecular flexibility index (Phi) is 5.51. The van der Waals surface area contributed by atoms with Crippen LogP contribution in [-0.4, -0.2) is 12.2 Å². The van der Waals surface area contributed by atoms with E-state index in [9.17, 15) is 0 Å². The van der Waals surface area contributed by atoms with Crippen molar-refractivity contribution >= 4 is 41.3 Å². The number of alkyl halides is 1. The van der Waals surface area contributed by atoms with E-state index in [0.29, 0.717) is 3.92 Å². The maximum absolute atomic E-state index is 7.41. The molecule has 0 saturated heterocycles. The molecule has 0 fully saturated rings. The fraction of sp³-hybridized carbons (Fsp3) is 0.280. The van der Waals surface area contributed by atoms with Gasteiger partial charge < -0.3 is 4.43 Å². The Morgan fingerprint density at radius 2 is 1.29 bits per heavy atom. The second-order valence-electron chi connectivity index (χ2n) is 8.62. The standard InChI is InChI=1S/C25H27IOSi/c1-25(2,3)28(20-13-6-4-7-14-20,21-15-8-5-9-16-21)27-24-22-17-11-10-12-19(22)18-23(24)26/h4-17,23-24H,18H2,1-3H3/t23-,24-/m0/s1. The van der Waals surface area contributed by atoms with Gasteiger partial charge in [0.2, 0.25) is 0 Å². The normalized spacial score (nSPS) is 19.4. The average molecular weight is 498 g/mol. The quantitative estimate of drug-likeness (QED) is 0.256. The summed E-state index contributed by atoms with van der Waals surface area (Å²) in [6.45, 7) is 7.05. The molecule has 144 valence electrons. The maximum atomic E-state index is 7.41. The highest BCUT2D eigenvalue weighted by Gasteiger charge is 2.53. The zero-order valence-corrected chi connectivity index (χ0v) is 19.9. The summed E-state index contributed by atoms with van der Waals surface area (Å²) in [5.74, 6) is 0. The summed E-state index contributed by atoms with van der Waals surface area (Å²) < 4.78 is 7.86. The molecule has 0 unspecified atom stereocenters. The van der Waals surface area contributed by atoms with E-state index in [0.717, 1.165) is 6.42 Å². The zero-order chi connectivity index (χ0) is 19.8. The smallest absolute Gasteiger partial charge is 0.261 e. The first-order valence-electron chi connectivity index (χ1n) is 9.94. The Bertz CT molecular complexity index is 894. The lowest BCUT2D eigenvalue weighted by molar-refractivity contribution is 0.202. The Morgan fingerprint density at radius 1 is 0.786 bits per heavy atom. The summed E-state index contributed by atoms with van der Waals surface area (Å²) in [7, 11) is -2.53. The summed E-state index contributed by atoms with van der Waals surface area (Å²) in [5, 5.41) is 2.70. The predicted molar refractivity (Wildman–Crippen MR) is 129 cm³/mol. The van der Waals surface area contributed by atoms with Crippen LogP contribution < -0.4 is 10.4 Å². The highest BCUT2D eigenvalue weighted by Crippen LogP contribution is 2.45. The molecule has 3 aromatic rings. The molecule has 1 aliphatic carbocycles. The average Bonchev–Trinajstić information content (AvgIpc) is 3.01. The van der Waals surface area contributed by atoms with E-state index in [-0.39, 0.29) is 11.1 Å². The molecule has 0 amide bonds. The maximum Gasteiger partial charge on any atom is 0.261 e. The number of hydrogen-bond acceptors (Lipinski definition) is 1. The van der Waals surface area contributed by atoms with Gasteiger partial charge in [0.05, 0.1) is 6.10 Å². The SMILES string of the molecule is CC(C)(C)[Si](O[C@H]1c2ccccc2C[C@@H]1I)(c1ccccc1)c1ccccc1. The fourth-order valence-corrected chi connectivity index (χ4v) is 10.5. The summed E-state index contributed by atoms with van der Waals surface area (Å²) in [4.78, 5) is 0. The summed E-state index contributed by atoms with van der Waals surface area (Å²) in [5.41, 5.74) is 2.81. The van der Waals surface area contributed by atoms with Crippen LogP contribution in [0, 0.1) is 0 Å². The van der Waals surface area contributed by atoms with Crippen LogP contribution in [0.4, 0.5) is 0 Å². The number of benzene rings is 3. The van der Waals surface area contributed by atoms with Crippen LogP contribution in [0.2, 0.25) is 5.04 Å². The molecule has 28 heavy (non-hydrogen) atoms. The van der Waals surface area contributed by atoms with Crippen LogP contribution in [0.5, 0.6) is 0 Å². The van der Waals surface area contributed by atoms with Gasteiger partial charge in [-0.05, 0) is 33.0 Å². The van der Waals surface area contributed by atoms with Gasteiger partial charge in [0.15, 0.2) is 0 Å². The highest BCUT2D eigenvalue weighted by atomic mass is 127. The molecule has 0 bridgehead atoms. The van der Waals surface area contributed by atoms with Crippen molar-refractivity contribution in [2.24, 2.45) is 0 Å². The molecular formula is C25H27IOSi. The van der Waals surface area contributed by atoms with Crippen LogP contribution in [0.3, 0.4) is 0 Å². The van der Waals surface area contributed by atoms with Gasteiger partial charge >= 0.3 is 0 Å². The van der Waals surface area contributed by atoms with E-state index in [4.69, 9.17) is 4.43 Å². The third-order valence-corrected chi connectivity index (χ3v) is 11.9. The lowest BCUT2D eigenvalue weighted by atomic mass is 10.1. The lowest BCUT2D eigenvalue weighted by Gasteiger charge is -2.45. The van der Waals surface area contributed by atoms with Gasteiger partial charge in [-0.15, -0.1) is 0 Å². The van der Waals surface area contributed by atoms with Gasteiger partial charge in [0.25, 0.3) is 8.32 Å². The molecule has 1 nitrogen and oxygen atoms in total. The van der Waals surface area contributed by atoms with Crippen molar-refractivity contribution in [2.75, 3.05) is 0 Å². The Hall–Kier alpha value is -1.43. The number of fused-ring (bicyclic) bond motifs is 1. The number of hydrogen-bond donors (Lipinski definition) is 0. The van der Waals surface area contributed by atoms with E-state index in [2.05, 4.69) is 128 Å². The minimum atomic E-state index is -2.53. The second-order valence-corrected chi connectivity index (χ2v) is 14.5. The fourth-order valence-electron chi connectivity index (χ4n) is 4.53. The predicted octanol–water partition coefficient (Wildman–Crippen LogP) is 5.66. The third-order valence-electron chi connectivity index (χ3n) is 5.83. The molecule has 3 aromatic carbocycles. The van der Waals surface area contributed by atoms with Gasteiger partial charge in [-0.25, -0.2) is 0 Å². The zero-order valence-electron chi connectivity index (χ0n) is 16.7. The van der Waals surface area contributed by atoms with Gasteiger partial charge in [0.1, 0.15) is 0 Å². The van der Waals surface area contributed by atoms with Crippen LogP contribution >= 0.6 is 22.6 Å². The van der Waals surface area contributed by atoms with Crippen molar-refractivity contribution in [2.45, 2.75) is 42.3 Å². The first-order chi connectivity index (χ1) is 13.4. The molecule has 3 heteroatoms. The Labute approximate surface area is 183 Å². The van der Waals surface area contributed by atoms with Crippen molar-refractivity contribution in [1.82, 2.24) is 0 Å². The molecule has 1 aliphatic rings. The van der Waals surface area contributed by atoms with E-state index in [1.54, 1.807) is 0 Å². The molecule has 0 aromatic heterocycles. The molecule has 0 radical (unpaired) electrons. The Morgan fingerprint density at radius 3 is 1.82 bits per heavy atom. The number of halogens is 1. The summed E-state index contributed by atoms with van der Waals surface area (Å²) >= 11 is 2.59. The lowest BCUT2D eigenvalue weighted by Crippen LogP contribution is -2.67. The molecule has 0 aliphatic heterocycles. The van der Waals surface area contributed by atoms with E-state index in [1.807, 2.05) is 0 Å². The summed E-state index contributed by atoms with van der Waals surface area (Å²) in [6, 6.07) is 30.7. The van der Waals surface area contributed by atoms with Crippen molar-refractivity contribution in [3.05, 3.63) is 96.1 Å². The second kappa shape index (κ2) is 7.77. The minimum Gasteiger partial charge on any atom is -0.399 e. The van der Waals surface area contributed by atoms with Crippen LogP contribution in [-0.2, 0) is 10.8 Å². The van der Waals surface area contributed by atoms with E-state index >= 15 is 0 Å². The van der Waals surface area contributed by atoms with Gasteiger partial charge in [-0.3, -0.25) is 0 Å². The van der Waals surface area contributed by atoms with Gasteiger partial charge in [0, 0.05) is 3.92 Å². The van der Waals surface area contributed by atoms with Crippen molar-refractivity contribution in [3.8, 4) is 0 Å². The van der Waals surface area contributed by atoms with Crippen LogP contribution in [0.1, 0.15) is 38.0 Å². The molecule has 0 saturated carbocycles. The van der Waals surface area contributed by atoms with Crippen LogP contribution in [0.25, 0.3) is 0 Å². The first-order valence-corrected chi connectivity index (χ1v) is 13.1. The molecule has 0 heterocycles. The largest absolute Gasteiger partial charge is 0.399 e. The summed E-state index contributed by atoms with van der Waals surface area (Å²) in [6.07, 6.45) is 1.21. The first kappa shape index (κ1) is 19.9. The van der Waals surface area contributed by atoms with Crippen molar-refractivity contribution in [3.63, 3.8) is 0 Å².